The van der Waals surface area contributed by atoms with Crippen LogP contribution in [-0.4, -0.2) is 38.7 Å². The Hall–Kier alpha value is -0.100. The molecule has 0 fully saturated rings. The first-order valence-electron chi connectivity index (χ1n) is 7.00. The molecule has 1 N–H and O–H groups in total. The van der Waals surface area contributed by atoms with Gasteiger partial charge in [0.2, 0.25) is 0 Å². The molecular formula is C15H24Br2N2O. The normalized spacial score (nSPS) is 11.1. The molecule has 5 heteroatoms. The van der Waals surface area contributed by atoms with Crippen LogP contribution in [0.2, 0.25) is 0 Å². The predicted molar refractivity (Wildman–Crippen MR) is 92.5 cm³/mol. The lowest BCUT2D eigenvalue weighted by atomic mass is 10.2. The topological polar surface area (TPSA) is 24.5 Å². The van der Waals surface area contributed by atoms with Gasteiger partial charge < -0.3 is 15.0 Å². The predicted octanol–water partition coefficient (Wildman–Crippen LogP) is 4.04. The molecule has 0 spiro atoms. The monoisotopic (exact) mass is 406 g/mol. The highest BCUT2D eigenvalue weighted by atomic mass is 79.9. The molecular weight excluding hydrogens is 384 g/mol. The Balaban J connectivity index is 2.58. The van der Waals surface area contributed by atoms with Crippen molar-refractivity contribution in [3.8, 4) is 5.75 Å². The van der Waals surface area contributed by atoms with E-state index in [0.29, 0.717) is 0 Å². The van der Waals surface area contributed by atoms with Crippen LogP contribution >= 0.6 is 31.9 Å². The average molecular weight is 408 g/mol. The Labute approximate surface area is 139 Å². The van der Waals surface area contributed by atoms with Crippen molar-refractivity contribution in [2.45, 2.75) is 26.3 Å². The van der Waals surface area contributed by atoms with Gasteiger partial charge in [-0.2, -0.15) is 0 Å². The van der Waals surface area contributed by atoms with Crippen LogP contribution in [0.5, 0.6) is 5.75 Å². The van der Waals surface area contributed by atoms with Crippen molar-refractivity contribution in [1.82, 2.24) is 10.2 Å². The van der Waals surface area contributed by atoms with E-state index in [4.69, 9.17) is 4.74 Å². The summed E-state index contributed by atoms with van der Waals surface area (Å²) >= 11 is 7.12. The van der Waals surface area contributed by atoms with Crippen molar-refractivity contribution >= 4 is 31.9 Å². The standard InChI is InChI=1S/C15H24Br2N2O/c1-4-8-20-15-12(9-13(16)10-14(15)17)11-18-6-5-7-19(2)3/h9-10,18H,4-8,11H2,1-3H3. The van der Waals surface area contributed by atoms with E-state index in [2.05, 4.69) is 69.2 Å². The number of nitrogens with zero attached hydrogens (tertiary/aromatic N) is 1. The fourth-order valence-corrected chi connectivity index (χ4v) is 3.28. The average Bonchev–Trinajstić information content (AvgIpc) is 2.36. The third-order valence-corrected chi connectivity index (χ3v) is 3.86. The zero-order chi connectivity index (χ0) is 15.0. The van der Waals surface area contributed by atoms with Crippen LogP contribution in [0.25, 0.3) is 0 Å². The highest BCUT2D eigenvalue weighted by molar-refractivity contribution is 9.11. The fraction of sp³-hybridized carbons (Fsp3) is 0.600. The first kappa shape index (κ1) is 18.0. The van der Waals surface area contributed by atoms with Gasteiger partial charge >= 0.3 is 0 Å². The summed E-state index contributed by atoms with van der Waals surface area (Å²) in [5, 5.41) is 3.48. The van der Waals surface area contributed by atoms with Gasteiger partial charge in [-0.25, -0.2) is 0 Å². The third kappa shape index (κ3) is 6.57. The molecule has 1 aromatic carbocycles. The van der Waals surface area contributed by atoms with Crippen molar-refractivity contribution < 1.29 is 4.74 Å². The molecule has 1 rings (SSSR count). The van der Waals surface area contributed by atoms with Crippen molar-refractivity contribution in [1.29, 1.82) is 0 Å². The van der Waals surface area contributed by atoms with E-state index in [9.17, 15) is 0 Å². The van der Waals surface area contributed by atoms with E-state index >= 15 is 0 Å². The molecule has 1 aromatic rings. The van der Waals surface area contributed by atoms with Gasteiger partial charge in [-0.1, -0.05) is 22.9 Å². The molecule has 0 aliphatic rings. The molecule has 0 heterocycles. The minimum atomic E-state index is 0.744. The molecule has 20 heavy (non-hydrogen) atoms. The summed E-state index contributed by atoms with van der Waals surface area (Å²) < 4.78 is 7.92. The molecule has 0 saturated carbocycles. The lowest BCUT2D eigenvalue weighted by Crippen LogP contribution is -2.21. The van der Waals surface area contributed by atoms with E-state index in [-0.39, 0.29) is 0 Å². The molecule has 0 aliphatic carbocycles. The molecule has 0 amide bonds. The first-order chi connectivity index (χ1) is 9.54. The Morgan fingerprint density at radius 3 is 2.65 bits per heavy atom. The number of ether oxygens (including phenoxy) is 1. The summed E-state index contributed by atoms with van der Waals surface area (Å²) in [6, 6.07) is 4.15. The molecule has 0 bridgehead atoms. The van der Waals surface area contributed by atoms with Crippen LogP contribution in [0.4, 0.5) is 0 Å². The first-order valence-corrected chi connectivity index (χ1v) is 8.59. The van der Waals surface area contributed by atoms with Gasteiger partial charge in [0.1, 0.15) is 5.75 Å². The van der Waals surface area contributed by atoms with Crippen LogP contribution in [0, 0.1) is 0 Å². The van der Waals surface area contributed by atoms with Crippen molar-refractivity contribution in [2.75, 3.05) is 33.8 Å². The lowest BCUT2D eigenvalue weighted by molar-refractivity contribution is 0.311. The summed E-state index contributed by atoms with van der Waals surface area (Å²) in [6.45, 7) is 5.80. The van der Waals surface area contributed by atoms with Gasteiger partial charge in [-0.15, -0.1) is 0 Å². The highest BCUT2D eigenvalue weighted by Crippen LogP contribution is 2.33. The molecule has 0 atom stereocenters. The van der Waals surface area contributed by atoms with E-state index in [1.54, 1.807) is 0 Å². The number of hydrogen-bond acceptors (Lipinski definition) is 3. The van der Waals surface area contributed by atoms with Crippen LogP contribution < -0.4 is 10.1 Å². The number of rotatable bonds is 9. The second-order valence-corrected chi connectivity index (χ2v) is 6.83. The van der Waals surface area contributed by atoms with Gasteiger partial charge in [-0.3, -0.25) is 0 Å². The van der Waals surface area contributed by atoms with Crippen LogP contribution in [-0.2, 0) is 6.54 Å². The SMILES string of the molecule is CCCOc1c(Br)cc(Br)cc1CNCCCN(C)C. The van der Waals surface area contributed by atoms with Gasteiger partial charge in [0, 0.05) is 16.6 Å². The third-order valence-electron chi connectivity index (χ3n) is 2.81. The second-order valence-electron chi connectivity index (χ2n) is 5.06. The molecule has 0 radical (unpaired) electrons. The van der Waals surface area contributed by atoms with Crippen LogP contribution in [0.15, 0.2) is 21.1 Å². The Kier molecular flexibility index (Phi) is 8.77. The largest absolute Gasteiger partial charge is 0.492 e. The van der Waals surface area contributed by atoms with E-state index in [0.717, 1.165) is 53.8 Å². The van der Waals surface area contributed by atoms with E-state index in [1.807, 2.05) is 6.07 Å². The van der Waals surface area contributed by atoms with Crippen molar-refractivity contribution in [3.05, 3.63) is 26.6 Å². The minimum Gasteiger partial charge on any atom is -0.492 e. The zero-order valence-electron chi connectivity index (χ0n) is 12.5. The molecule has 0 aliphatic heterocycles. The maximum Gasteiger partial charge on any atom is 0.138 e. The summed E-state index contributed by atoms with van der Waals surface area (Å²) in [6.07, 6.45) is 2.16. The minimum absolute atomic E-state index is 0.744. The van der Waals surface area contributed by atoms with Gasteiger partial charge in [-0.05, 0) is 68.1 Å². The fourth-order valence-electron chi connectivity index (χ4n) is 1.85. The number of benzene rings is 1. The van der Waals surface area contributed by atoms with Crippen molar-refractivity contribution in [2.24, 2.45) is 0 Å². The molecule has 3 nitrogen and oxygen atoms in total. The Morgan fingerprint density at radius 2 is 2.00 bits per heavy atom. The zero-order valence-corrected chi connectivity index (χ0v) is 15.7. The number of halogens is 2. The summed E-state index contributed by atoms with van der Waals surface area (Å²) in [5.41, 5.74) is 1.18. The molecule has 0 unspecified atom stereocenters. The van der Waals surface area contributed by atoms with Gasteiger partial charge in [0.25, 0.3) is 0 Å². The number of nitrogens with one attached hydrogen (secondary N) is 1. The highest BCUT2D eigenvalue weighted by Gasteiger charge is 2.09. The Bertz CT molecular complexity index is 411. The summed E-state index contributed by atoms with van der Waals surface area (Å²) in [7, 11) is 4.20. The van der Waals surface area contributed by atoms with Crippen LogP contribution in [0.1, 0.15) is 25.3 Å². The molecule has 114 valence electrons. The van der Waals surface area contributed by atoms with E-state index < -0.39 is 0 Å². The lowest BCUT2D eigenvalue weighted by Gasteiger charge is -2.15. The maximum absolute atomic E-state index is 5.85. The molecule has 0 saturated heterocycles. The van der Waals surface area contributed by atoms with Gasteiger partial charge in [0.05, 0.1) is 11.1 Å². The van der Waals surface area contributed by atoms with Gasteiger partial charge in [0.15, 0.2) is 0 Å². The molecule has 0 aromatic heterocycles. The van der Waals surface area contributed by atoms with Crippen molar-refractivity contribution in [3.63, 3.8) is 0 Å². The maximum atomic E-state index is 5.85. The van der Waals surface area contributed by atoms with Crippen LogP contribution in [0.3, 0.4) is 0 Å². The second kappa shape index (κ2) is 9.77. The summed E-state index contributed by atoms with van der Waals surface area (Å²) in [4.78, 5) is 2.20. The smallest absolute Gasteiger partial charge is 0.138 e. The number of hydrogen-bond donors (Lipinski definition) is 1. The summed E-state index contributed by atoms with van der Waals surface area (Å²) in [5.74, 6) is 0.954. The van der Waals surface area contributed by atoms with E-state index in [1.165, 1.54) is 5.56 Å². The quantitative estimate of drug-likeness (QED) is 0.625. The Morgan fingerprint density at radius 1 is 1.25 bits per heavy atom.